The molecule has 564 valence electrons. The minimum absolute atomic E-state index is 0.107. The van der Waals surface area contributed by atoms with Crippen molar-refractivity contribution in [1.29, 1.82) is 0 Å². The molecule has 0 radical (unpaired) electrons. The fourth-order valence-corrected chi connectivity index (χ4v) is 13.2. The molecule has 0 saturated heterocycles. The second kappa shape index (κ2) is 67.9. The third kappa shape index (κ3) is 69.0. The number of hydrogen-bond acceptors (Lipinski definition) is 15. The van der Waals surface area contributed by atoms with Crippen LogP contribution in [0.25, 0.3) is 0 Å². The number of phosphoric ester groups is 2. The molecule has 17 nitrogen and oxygen atoms in total. The zero-order valence-corrected chi connectivity index (χ0v) is 63.8. The summed E-state index contributed by atoms with van der Waals surface area (Å²) in [6.45, 7) is 9.62. The predicted molar refractivity (Wildman–Crippen MR) is 386 cm³/mol. The van der Waals surface area contributed by atoms with Crippen LogP contribution in [0.15, 0.2) is 0 Å². The lowest BCUT2D eigenvalue weighted by Crippen LogP contribution is -2.30. The highest BCUT2D eigenvalue weighted by molar-refractivity contribution is 7.47. The Hall–Kier alpha value is -1.94. The Labute approximate surface area is 581 Å². The Morgan fingerprint density at radius 2 is 0.537 bits per heavy atom. The van der Waals surface area contributed by atoms with Crippen LogP contribution in [0, 0.1) is 11.8 Å². The van der Waals surface area contributed by atoms with Gasteiger partial charge in [-0.3, -0.25) is 37.3 Å². The number of esters is 4. The van der Waals surface area contributed by atoms with Crippen molar-refractivity contribution in [3.8, 4) is 0 Å². The molecule has 3 N–H and O–H groups in total. The minimum atomic E-state index is -4.96. The molecule has 0 aliphatic rings. The molecule has 0 heterocycles. The lowest BCUT2D eigenvalue weighted by molar-refractivity contribution is -0.161. The van der Waals surface area contributed by atoms with Gasteiger partial charge in [0.05, 0.1) is 26.4 Å². The van der Waals surface area contributed by atoms with Gasteiger partial charge in [0.25, 0.3) is 0 Å². The molecule has 0 aliphatic heterocycles. The number of ether oxygens (including phenoxy) is 4. The van der Waals surface area contributed by atoms with E-state index in [1.807, 2.05) is 0 Å². The number of aliphatic hydroxyl groups is 1. The van der Waals surface area contributed by atoms with Gasteiger partial charge in [-0.25, -0.2) is 9.13 Å². The molecular formula is C76H148O17P2. The van der Waals surface area contributed by atoms with E-state index in [2.05, 4.69) is 41.5 Å². The molecule has 0 aliphatic carbocycles. The fraction of sp³-hybridized carbons (Fsp3) is 0.947. The van der Waals surface area contributed by atoms with Crippen molar-refractivity contribution in [2.75, 3.05) is 39.6 Å². The van der Waals surface area contributed by atoms with Crippen molar-refractivity contribution in [2.45, 2.75) is 413 Å². The summed E-state index contributed by atoms with van der Waals surface area (Å²) in [6.07, 6.45) is 55.5. The van der Waals surface area contributed by atoms with E-state index in [-0.39, 0.29) is 25.7 Å². The zero-order chi connectivity index (χ0) is 70.0. The number of carbonyl (C=O) groups excluding carboxylic acids is 4. The summed E-state index contributed by atoms with van der Waals surface area (Å²) in [5.74, 6) is -0.519. The van der Waals surface area contributed by atoms with Gasteiger partial charge in [0.15, 0.2) is 12.2 Å². The van der Waals surface area contributed by atoms with Crippen LogP contribution in [-0.4, -0.2) is 96.7 Å². The van der Waals surface area contributed by atoms with Crippen molar-refractivity contribution < 1.29 is 80.2 Å². The number of unbranched alkanes of at least 4 members (excludes halogenated alkanes) is 44. The van der Waals surface area contributed by atoms with Crippen LogP contribution < -0.4 is 0 Å². The summed E-state index contributed by atoms with van der Waals surface area (Å²) >= 11 is 0. The number of aliphatic hydroxyl groups excluding tert-OH is 1. The second-order valence-corrected chi connectivity index (χ2v) is 31.0. The Morgan fingerprint density at radius 1 is 0.305 bits per heavy atom. The zero-order valence-electron chi connectivity index (χ0n) is 62.0. The predicted octanol–water partition coefficient (Wildman–Crippen LogP) is 22.3. The first kappa shape index (κ1) is 93.1. The maximum Gasteiger partial charge on any atom is 0.472 e. The largest absolute Gasteiger partial charge is 0.472 e. The van der Waals surface area contributed by atoms with Gasteiger partial charge >= 0.3 is 39.5 Å². The number of hydrogen-bond donors (Lipinski definition) is 3. The van der Waals surface area contributed by atoms with E-state index < -0.39 is 97.5 Å². The van der Waals surface area contributed by atoms with Crippen molar-refractivity contribution in [3.63, 3.8) is 0 Å². The highest BCUT2D eigenvalue weighted by Crippen LogP contribution is 2.45. The number of phosphoric acid groups is 2. The van der Waals surface area contributed by atoms with Crippen LogP contribution in [0.2, 0.25) is 0 Å². The lowest BCUT2D eigenvalue weighted by atomic mass is 9.99. The molecule has 0 fully saturated rings. The molecule has 95 heavy (non-hydrogen) atoms. The van der Waals surface area contributed by atoms with Crippen LogP contribution >= 0.6 is 15.6 Å². The van der Waals surface area contributed by atoms with E-state index >= 15 is 0 Å². The van der Waals surface area contributed by atoms with Gasteiger partial charge in [-0.1, -0.05) is 343 Å². The van der Waals surface area contributed by atoms with Gasteiger partial charge in [-0.15, -0.1) is 0 Å². The van der Waals surface area contributed by atoms with Crippen LogP contribution in [-0.2, 0) is 65.4 Å². The maximum atomic E-state index is 13.1. The average Bonchev–Trinajstić information content (AvgIpc) is 3.37. The van der Waals surface area contributed by atoms with Gasteiger partial charge in [0.2, 0.25) is 0 Å². The van der Waals surface area contributed by atoms with Crippen LogP contribution in [0.5, 0.6) is 0 Å². The topological polar surface area (TPSA) is 237 Å². The van der Waals surface area contributed by atoms with E-state index in [1.54, 1.807) is 0 Å². The van der Waals surface area contributed by atoms with Gasteiger partial charge in [0.1, 0.15) is 19.3 Å². The molecule has 19 heteroatoms. The lowest BCUT2D eigenvalue weighted by Gasteiger charge is -2.21. The molecule has 0 aromatic carbocycles. The fourth-order valence-electron chi connectivity index (χ4n) is 11.6. The van der Waals surface area contributed by atoms with Crippen molar-refractivity contribution in [1.82, 2.24) is 0 Å². The first-order valence-electron chi connectivity index (χ1n) is 39.5. The minimum Gasteiger partial charge on any atom is -0.462 e. The Kier molecular flexibility index (Phi) is 66.5. The van der Waals surface area contributed by atoms with E-state index in [0.29, 0.717) is 25.7 Å². The first-order chi connectivity index (χ1) is 45.9. The third-order valence-corrected chi connectivity index (χ3v) is 20.0. The molecular weight excluding hydrogens is 1250 g/mol. The number of carbonyl (C=O) groups is 4. The highest BCUT2D eigenvalue weighted by Gasteiger charge is 2.30. The van der Waals surface area contributed by atoms with E-state index in [0.717, 1.165) is 102 Å². The highest BCUT2D eigenvalue weighted by atomic mass is 31.2. The monoisotopic (exact) mass is 1400 g/mol. The SMILES string of the molecule is CCCCCCCCCCCCCC(=O)OC[C@H](COP(=O)(O)OC[C@H](O)COP(=O)(O)OC[C@@H](COC(=O)CCCCCCCCCCC(C)C)OC(=O)CCCCCCCCCCCCCCCCCCCCC(C)CC)OC(=O)CCCCCCCCCCCCC. The van der Waals surface area contributed by atoms with E-state index in [1.165, 1.54) is 212 Å². The van der Waals surface area contributed by atoms with Gasteiger partial charge in [-0.05, 0) is 37.5 Å². The standard InChI is InChI=1S/C76H148O17P2/c1-7-10-12-14-16-18-28-33-40-46-52-58-73(78)86-64-71(92-75(80)60-54-48-42-34-29-19-17-15-13-11-8-2)66-90-94(82,83)88-62-70(77)63-89-95(84,85)91-67-72(65-87-74(79)59-53-47-41-37-36-38-44-50-56-68(4)5)93-76(81)61-55-49-43-35-31-27-25-23-21-20-22-24-26-30-32-39-45-51-57-69(6)9-3/h68-72,77H,7-67H2,1-6H3,(H,82,83)(H,84,85)/t69?,70-,71+,72+/m0/s1. The normalized spacial score (nSPS) is 14.3. The molecule has 0 saturated carbocycles. The summed E-state index contributed by atoms with van der Waals surface area (Å²) in [5.41, 5.74) is 0. The average molecular weight is 1400 g/mol. The summed E-state index contributed by atoms with van der Waals surface area (Å²) in [6, 6.07) is 0. The Balaban J connectivity index is 5.17. The quantitative estimate of drug-likeness (QED) is 0.0222. The van der Waals surface area contributed by atoms with Gasteiger partial charge < -0.3 is 33.8 Å². The first-order valence-corrected chi connectivity index (χ1v) is 42.5. The summed E-state index contributed by atoms with van der Waals surface area (Å²) in [7, 11) is -9.91. The molecule has 0 spiro atoms. The van der Waals surface area contributed by atoms with Crippen LogP contribution in [0.3, 0.4) is 0 Å². The third-order valence-electron chi connectivity index (χ3n) is 18.1. The van der Waals surface area contributed by atoms with Gasteiger partial charge in [-0.2, -0.15) is 0 Å². The van der Waals surface area contributed by atoms with Crippen LogP contribution in [0.4, 0.5) is 0 Å². The summed E-state index contributed by atoms with van der Waals surface area (Å²) in [4.78, 5) is 72.7. The molecule has 6 atom stereocenters. The molecule has 0 amide bonds. The van der Waals surface area contributed by atoms with Crippen LogP contribution in [0.1, 0.15) is 395 Å². The molecule has 3 unspecified atom stereocenters. The molecule has 0 rings (SSSR count). The van der Waals surface area contributed by atoms with Crippen molar-refractivity contribution >= 4 is 39.5 Å². The van der Waals surface area contributed by atoms with E-state index in [9.17, 15) is 43.2 Å². The van der Waals surface area contributed by atoms with Gasteiger partial charge in [0, 0.05) is 25.7 Å². The summed E-state index contributed by atoms with van der Waals surface area (Å²) in [5, 5.41) is 10.6. The molecule has 0 aromatic heterocycles. The second-order valence-electron chi connectivity index (χ2n) is 28.1. The smallest absolute Gasteiger partial charge is 0.462 e. The number of rotatable bonds is 75. The molecule has 0 bridgehead atoms. The van der Waals surface area contributed by atoms with Crippen molar-refractivity contribution in [3.05, 3.63) is 0 Å². The molecule has 0 aromatic rings. The Bertz CT molecular complexity index is 1840. The van der Waals surface area contributed by atoms with E-state index in [4.69, 9.17) is 37.0 Å². The Morgan fingerprint density at radius 3 is 0.800 bits per heavy atom. The summed E-state index contributed by atoms with van der Waals surface area (Å²) < 4.78 is 68.4. The maximum absolute atomic E-state index is 13.1. The van der Waals surface area contributed by atoms with Crippen molar-refractivity contribution in [2.24, 2.45) is 11.8 Å².